The Bertz CT molecular complexity index is 490. The molecule has 110 valence electrons. The highest BCUT2D eigenvalue weighted by Crippen LogP contribution is 2.36. The molecule has 3 N–H and O–H groups in total. The molecule has 1 aliphatic carbocycles. The summed E-state index contributed by atoms with van der Waals surface area (Å²) in [5.41, 5.74) is 0.988. The molecule has 0 heterocycles. The third-order valence-corrected chi connectivity index (χ3v) is 3.73. The zero-order chi connectivity index (χ0) is 14.6. The number of fused-ring (bicyclic) bond motifs is 1. The molecule has 0 fully saturated rings. The van der Waals surface area contributed by atoms with Gasteiger partial charge in [-0.05, 0) is 49.4 Å². The maximum atomic E-state index is 11.5. The summed E-state index contributed by atoms with van der Waals surface area (Å²) in [5.74, 6) is 0.796. The first-order valence-corrected chi connectivity index (χ1v) is 7.00. The molecule has 1 aliphatic rings. The highest BCUT2D eigenvalue weighted by Gasteiger charge is 2.34. The van der Waals surface area contributed by atoms with Crippen LogP contribution in [0.2, 0.25) is 0 Å². The minimum absolute atomic E-state index is 0.220. The molecule has 0 radical (unpaired) electrons. The van der Waals surface area contributed by atoms with Crippen LogP contribution in [0, 0.1) is 0 Å². The molecule has 1 unspecified atom stereocenters. The highest BCUT2D eigenvalue weighted by atomic mass is 16.5. The number of hydrogen-bond acceptors (Lipinski definition) is 3. The lowest BCUT2D eigenvalue weighted by molar-refractivity contribution is 0.0216. The van der Waals surface area contributed by atoms with Gasteiger partial charge in [0.15, 0.2) is 0 Å². The summed E-state index contributed by atoms with van der Waals surface area (Å²) in [4.78, 5) is 11.5. The number of urea groups is 1. The first-order chi connectivity index (χ1) is 9.59. The van der Waals surface area contributed by atoms with E-state index in [0.29, 0.717) is 13.0 Å². The number of carbonyl (C=O) groups excluding carboxylic acids is 1. The Labute approximate surface area is 119 Å². The molecule has 0 bridgehead atoms. The lowest BCUT2D eigenvalue weighted by Crippen LogP contribution is -2.46. The lowest BCUT2D eigenvalue weighted by atomic mass is 9.79. The van der Waals surface area contributed by atoms with E-state index in [2.05, 4.69) is 10.6 Å². The Morgan fingerprint density at radius 2 is 2.25 bits per heavy atom. The summed E-state index contributed by atoms with van der Waals surface area (Å²) in [6.07, 6.45) is 2.47. The number of rotatable bonds is 4. The number of amides is 2. The second kappa shape index (κ2) is 6.13. The molecule has 0 saturated carbocycles. The van der Waals surface area contributed by atoms with Crippen LogP contribution in [0.5, 0.6) is 5.75 Å². The van der Waals surface area contributed by atoms with Crippen molar-refractivity contribution in [2.24, 2.45) is 0 Å². The molecule has 0 spiro atoms. The minimum Gasteiger partial charge on any atom is -0.497 e. The van der Waals surface area contributed by atoms with Crippen molar-refractivity contribution in [3.63, 3.8) is 0 Å². The van der Waals surface area contributed by atoms with Crippen LogP contribution in [-0.2, 0) is 12.0 Å². The van der Waals surface area contributed by atoms with Gasteiger partial charge in [0.1, 0.15) is 11.4 Å². The fourth-order valence-electron chi connectivity index (χ4n) is 2.70. The van der Waals surface area contributed by atoms with Gasteiger partial charge in [0.05, 0.1) is 13.7 Å². The highest BCUT2D eigenvalue weighted by molar-refractivity contribution is 5.73. The first-order valence-electron chi connectivity index (χ1n) is 7.00. The van der Waals surface area contributed by atoms with Gasteiger partial charge in [-0.1, -0.05) is 6.07 Å². The maximum Gasteiger partial charge on any atom is 0.314 e. The molecule has 1 atom stereocenters. The van der Waals surface area contributed by atoms with Crippen LogP contribution in [0.4, 0.5) is 4.79 Å². The van der Waals surface area contributed by atoms with Gasteiger partial charge in [-0.25, -0.2) is 4.79 Å². The van der Waals surface area contributed by atoms with E-state index in [0.717, 1.165) is 29.7 Å². The summed E-state index contributed by atoms with van der Waals surface area (Å²) in [6, 6.07) is 5.46. The Morgan fingerprint density at radius 3 is 2.95 bits per heavy atom. The molecule has 5 heteroatoms. The van der Waals surface area contributed by atoms with E-state index in [-0.39, 0.29) is 12.6 Å². The Morgan fingerprint density at radius 1 is 1.45 bits per heavy atom. The van der Waals surface area contributed by atoms with Crippen molar-refractivity contribution in [2.45, 2.75) is 31.8 Å². The molecule has 1 aromatic rings. The summed E-state index contributed by atoms with van der Waals surface area (Å²) in [5, 5.41) is 16.2. The second-order valence-corrected chi connectivity index (χ2v) is 5.12. The second-order valence-electron chi connectivity index (χ2n) is 5.12. The van der Waals surface area contributed by atoms with Crippen molar-refractivity contribution in [3.8, 4) is 5.75 Å². The standard InChI is InChI=1S/C15H22N2O3/c1-3-16-14(18)17-10-15(19)8-4-5-11-9-12(20-2)6-7-13(11)15/h6-7,9,19H,3-5,8,10H2,1-2H3,(H2,16,17,18). The van der Waals surface area contributed by atoms with E-state index in [4.69, 9.17) is 4.74 Å². The van der Waals surface area contributed by atoms with E-state index < -0.39 is 5.60 Å². The molecule has 0 saturated heterocycles. The largest absolute Gasteiger partial charge is 0.497 e. The number of nitrogens with one attached hydrogen (secondary N) is 2. The van der Waals surface area contributed by atoms with Crippen molar-refractivity contribution >= 4 is 6.03 Å². The van der Waals surface area contributed by atoms with Gasteiger partial charge in [-0.15, -0.1) is 0 Å². The zero-order valence-corrected chi connectivity index (χ0v) is 12.0. The molecule has 1 aromatic carbocycles. The third kappa shape index (κ3) is 3.04. The quantitative estimate of drug-likeness (QED) is 0.782. The molecule has 5 nitrogen and oxygen atoms in total. The summed E-state index contributed by atoms with van der Waals surface area (Å²) in [7, 11) is 1.63. The molecule has 2 rings (SSSR count). The van der Waals surface area contributed by atoms with E-state index >= 15 is 0 Å². The van der Waals surface area contributed by atoms with Gasteiger partial charge in [0.25, 0.3) is 0 Å². The van der Waals surface area contributed by atoms with E-state index in [1.807, 2.05) is 25.1 Å². The average molecular weight is 278 g/mol. The first kappa shape index (κ1) is 14.7. The summed E-state index contributed by atoms with van der Waals surface area (Å²) < 4.78 is 5.22. The van der Waals surface area contributed by atoms with Crippen molar-refractivity contribution in [2.75, 3.05) is 20.2 Å². The third-order valence-electron chi connectivity index (χ3n) is 3.73. The molecular weight excluding hydrogens is 256 g/mol. The lowest BCUT2D eigenvalue weighted by Gasteiger charge is -2.34. The van der Waals surface area contributed by atoms with Crippen molar-refractivity contribution in [1.82, 2.24) is 10.6 Å². The van der Waals surface area contributed by atoms with E-state index in [9.17, 15) is 9.90 Å². The number of hydrogen-bond donors (Lipinski definition) is 3. The Kier molecular flexibility index (Phi) is 4.49. The zero-order valence-electron chi connectivity index (χ0n) is 12.0. The molecule has 0 aromatic heterocycles. The molecular formula is C15H22N2O3. The smallest absolute Gasteiger partial charge is 0.314 e. The molecule has 0 aliphatic heterocycles. The fourth-order valence-corrected chi connectivity index (χ4v) is 2.70. The van der Waals surface area contributed by atoms with Crippen LogP contribution in [0.25, 0.3) is 0 Å². The van der Waals surface area contributed by atoms with Crippen LogP contribution >= 0.6 is 0 Å². The number of aryl methyl sites for hydroxylation is 1. The van der Waals surface area contributed by atoms with Gasteiger partial charge in [-0.2, -0.15) is 0 Å². The Hall–Kier alpha value is -1.75. The predicted molar refractivity (Wildman–Crippen MR) is 76.9 cm³/mol. The van der Waals surface area contributed by atoms with E-state index in [1.165, 1.54) is 0 Å². The number of benzene rings is 1. The predicted octanol–water partition coefficient (Wildman–Crippen LogP) is 1.54. The molecule has 2 amide bonds. The van der Waals surface area contributed by atoms with Crippen molar-refractivity contribution < 1.29 is 14.6 Å². The van der Waals surface area contributed by atoms with Gasteiger partial charge in [0.2, 0.25) is 0 Å². The maximum absolute atomic E-state index is 11.5. The number of methoxy groups -OCH3 is 1. The van der Waals surface area contributed by atoms with Crippen LogP contribution in [0.1, 0.15) is 30.9 Å². The Balaban J connectivity index is 2.15. The average Bonchev–Trinajstić information content (AvgIpc) is 2.45. The van der Waals surface area contributed by atoms with Gasteiger partial charge < -0.3 is 20.5 Å². The van der Waals surface area contributed by atoms with Crippen LogP contribution < -0.4 is 15.4 Å². The SMILES string of the molecule is CCNC(=O)NCC1(O)CCCc2cc(OC)ccc21. The fraction of sp³-hybridized carbons (Fsp3) is 0.533. The van der Waals surface area contributed by atoms with Crippen LogP contribution in [-0.4, -0.2) is 31.3 Å². The van der Waals surface area contributed by atoms with Crippen molar-refractivity contribution in [3.05, 3.63) is 29.3 Å². The normalized spacial score (nSPS) is 20.9. The summed E-state index contributed by atoms with van der Waals surface area (Å²) in [6.45, 7) is 2.65. The summed E-state index contributed by atoms with van der Waals surface area (Å²) >= 11 is 0. The van der Waals surface area contributed by atoms with Gasteiger partial charge in [0, 0.05) is 6.54 Å². The van der Waals surface area contributed by atoms with Gasteiger partial charge >= 0.3 is 6.03 Å². The number of aliphatic hydroxyl groups is 1. The molecule has 20 heavy (non-hydrogen) atoms. The van der Waals surface area contributed by atoms with E-state index in [1.54, 1.807) is 7.11 Å². The monoisotopic (exact) mass is 278 g/mol. The van der Waals surface area contributed by atoms with Crippen LogP contribution in [0.15, 0.2) is 18.2 Å². The number of carbonyl (C=O) groups is 1. The topological polar surface area (TPSA) is 70.6 Å². The van der Waals surface area contributed by atoms with Gasteiger partial charge in [-0.3, -0.25) is 0 Å². The van der Waals surface area contributed by atoms with Crippen LogP contribution in [0.3, 0.4) is 0 Å². The minimum atomic E-state index is -0.995. The number of ether oxygens (including phenoxy) is 1. The van der Waals surface area contributed by atoms with Crippen molar-refractivity contribution in [1.29, 1.82) is 0 Å².